The molecule has 3 aromatic rings. The Bertz CT molecular complexity index is 803. The number of fused-ring (bicyclic) bond motifs is 2. The molecule has 96 valence electrons. The molecule has 0 atom stereocenters. The van der Waals surface area contributed by atoms with E-state index < -0.39 is 0 Å². The van der Waals surface area contributed by atoms with Gasteiger partial charge in [-0.2, -0.15) is 0 Å². The Morgan fingerprint density at radius 3 is 2.53 bits per heavy atom. The molecule has 3 heteroatoms. The van der Waals surface area contributed by atoms with Crippen LogP contribution in [-0.2, 0) is 0 Å². The second kappa shape index (κ2) is 4.74. The molecule has 0 N–H and O–H groups in total. The van der Waals surface area contributed by atoms with Gasteiger partial charge >= 0.3 is 0 Å². The predicted molar refractivity (Wildman–Crippen MR) is 81.0 cm³/mol. The van der Waals surface area contributed by atoms with Crippen molar-refractivity contribution in [2.24, 2.45) is 0 Å². The highest BCUT2D eigenvalue weighted by molar-refractivity contribution is 8.00. The lowest BCUT2D eigenvalue weighted by atomic mass is 10.1. The highest BCUT2D eigenvalue weighted by atomic mass is 32.2. The molecule has 0 saturated carbocycles. The van der Waals surface area contributed by atoms with E-state index in [2.05, 4.69) is 13.8 Å². The first-order chi connectivity index (χ1) is 9.16. The SMILES string of the molecule is CC(C)Sc1cccc2oc3ccccc3c(=O)c12. The number of para-hydroxylation sites is 1. The molecule has 0 saturated heterocycles. The van der Waals surface area contributed by atoms with E-state index in [0.717, 1.165) is 4.90 Å². The zero-order valence-corrected chi connectivity index (χ0v) is 11.7. The summed E-state index contributed by atoms with van der Waals surface area (Å²) in [6, 6.07) is 13.2. The lowest BCUT2D eigenvalue weighted by Crippen LogP contribution is -2.03. The van der Waals surface area contributed by atoms with Gasteiger partial charge in [0.1, 0.15) is 11.2 Å². The summed E-state index contributed by atoms with van der Waals surface area (Å²) in [5.41, 5.74) is 1.36. The molecule has 0 fully saturated rings. The summed E-state index contributed by atoms with van der Waals surface area (Å²) in [4.78, 5) is 13.6. The zero-order valence-electron chi connectivity index (χ0n) is 10.8. The molecule has 3 rings (SSSR count). The first-order valence-electron chi connectivity index (χ1n) is 6.28. The van der Waals surface area contributed by atoms with E-state index in [4.69, 9.17) is 4.42 Å². The number of hydrogen-bond acceptors (Lipinski definition) is 3. The molecule has 0 radical (unpaired) electrons. The minimum absolute atomic E-state index is 0.0561. The Balaban J connectivity index is 2.42. The second-order valence-corrected chi connectivity index (χ2v) is 6.34. The van der Waals surface area contributed by atoms with Crippen LogP contribution in [0.1, 0.15) is 13.8 Å². The van der Waals surface area contributed by atoms with E-state index in [1.54, 1.807) is 11.8 Å². The van der Waals surface area contributed by atoms with Gasteiger partial charge in [-0.05, 0) is 24.3 Å². The van der Waals surface area contributed by atoms with Gasteiger partial charge in [-0.1, -0.05) is 32.0 Å². The molecule has 0 aliphatic heterocycles. The lowest BCUT2D eigenvalue weighted by molar-refractivity contribution is 0.659. The van der Waals surface area contributed by atoms with Gasteiger partial charge in [0, 0.05) is 10.1 Å². The molecule has 0 spiro atoms. The highest BCUT2D eigenvalue weighted by Gasteiger charge is 2.12. The summed E-state index contributed by atoms with van der Waals surface area (Å²) < 4.78 is 5.84. The molecule has 2 aromatic carbocycles. The van der Waals surface area contributed by atoms with Crippen molar-refractivity contribution in [2.45, 2.75) is 24.0 Å². The molecule has 0 amide bonds. The number of thioether (sulfide) groups is 1. The fourth-order valence-corrected chi connectivity index (χ4v) is 3.14. The van der Waals surface area contributed by atoms with E-state index in [-0.39, 0.29) is 5.43 Å². The average molecular weight is 270 g/mol. The Hall–Kier alpha value is -1.74. The fourth-order valence-electron chi connectivity index (χ4n) is 2.17. The van der Waals surface area contributed by atoms with Gasteiger partial charge in [0.25, 0.3) is 0 Å². The van der Waals surface area contributed by atoms with E-state index in [9.17, 15) is 4.79 Å². The first kappa shape index (κ1) is 12.3. The van der Waals surface area contributed by atoms with Crippen LogP contribution in [0.15, 0.2) is 56.6 Å². The van der Waals surface area contributed by atoms with Gasteiger partial charge in [-0.25, -0.2) is 0 Å². The smallest absolute Gasteiger partial charge is 0.201 e. The largest absolute Gasteiger partial charge is 0.456 e. The molecular weight excluding hydrogens is 256 g/mol. The summed E-state index contributed by atoms with van der Waals surface area (Å²) in [7, 11) is 0. The van der Waals surface area contributed by atoms with E-state index in [1.165, 1.54) is 0 Å². The molecule has 2 nitrogen and oxygen atoms in total. The van der Waals surface area contributed by atoms with Crippen LogP contribution in [0, 0.1) is 0 Å². The normalized spacial score (nSPS) is 11.5. The third-order valence-corrected chi connectivity index (χ3v) is 3.99. The molecule has 0 aliphatic rings. The Labute approximate surface area is 115 Å². The van der Waals surface area contributed by atoms with Crippen molar-refractivity contribution >= 4 is 33.7 Å². The van der Waals surface area contributed by atoms with E-state index in [0.29, 0.717) is 27.2 Å². The molecule has 19 heavy (non-hydrogen) atoms. The van der Waals surface area contributed by atoms with Gasteiger partial charge in [0.05, 0.1) is 10.8 Å². The first-order valence-corrected chi connectivity index (χ1v) is 7.16. The molecule has 1 heterocycles. The zero-order chi connectivity index (χ0) is 13.4. The lowest BCUT2D eigenvalue weighted by Gasteiger charge is -2.08. The minimum Gasteiger partial charge on any atom is -0.456 e. The van der Waals surface area contributed by atoms with Crippen LogP contribution >= 0.6 is 11.8 Å². The molecule has 0 bridgehead atoms. The van der Waals surface area contributed by atoms with Crippen LogP contribution in [0.4, 0.5) is 0 Å². The Morgan fingerprint density at radius 2 is 1.74 bits per heavy atom. The number of rotatable bonds is 2. The van der Waals surface area contributed by atoms with Crippen molar-refractivity contribution in [1.82, 2.24) is 0 Å². The van der Waals surface area contributed by atoms with Crippen molar-refractivity contribution in [3.05, 3.63) is 52.7 Å². The third-order valence-electron chi connectivity index (χ3n) is 2.93. The molecule has 1 aromatic heterocycles. The van der Waals surface area contributed by atoms with Crippen LogP contribution < -0.4 is 5.43 Å². The molecule has 0 unspecified atom stereocenters. The summed E-state index contributed by atoms with van der Waals surface area (Å²) in [6.45, 7) is 4.23. The van der Waals surface area contributed by atoms with E-state index >= 15 is 0 Å². The fraction of sp³-hybridized carbons (Fsp3) is 0.188. The standard InChI is InChI=1S/C16H14O2S/c1-10(2)19-14-9-5-8-13-15(14)16(17)11-6-3-4-7-12(11)18-13/h3-10H,1-2H3. The van der Waals surface area contributed by atoms with Crippen LogP contribution in [-0.4, -0.2) is 5.25 Å². The summed E-state index contributed by atoms with van der Waals surface area (Å²) in [5, 5.41) is 1.77. The van der Waals surface area contributed by atoms with Crippen molar-refractivity contribution in [3.63, 3.8) is 0 Å². The van der Waals surface area contributed by atoms with Gasteiger partial charge in [-0.3, -0.25) is 4.79 Å². The van der Waals surface area contributed by atoms with Crippen LogP contribution in [0.5, 0.6) is 0 Å². The van der Waals surface area contributed by atoms with Gasteiger partial charge in [-0.15, -0.1) is 11.8 Å². The quantitative estimate of drug-likeness (QED) is 0.509. The van der Waals surface area contributed by atoms with Crippen LogP contribution in [0.2, 0.25) is 0 Å². The summed E-state index contributed by atoms with van der Waals surface area (Å²) >= 11 is 1.69. The maximum atomic E-state index is 12.6. The highest BCUT2D eigenvalue weighted by Crippen LogP contribution is 2.30. The van der Waals surface area contributed by atoms with Crippen molar-refractivity contribution in [3.8, 4) is 0 Å². The average Bonchev–Trinajstić information content (AvgIpc) is 2.38. The van der Waals surface area contributed by atoms with Crippen LogP contribution in [0.25, 0.3) is 21.9 Å². The number of hydrogen-bond donors (Lipinski definition) is 0. The maximum Gasteiger partial charge on any atom is 0.201 e. The molecular formula is C16H14O2S. The van der Waals surface area contributed by atoms with Gasteiger partial charge in [0.2, 0.25) is 5.43 Å². The Kier molecular flexibility index (Phi) is 3.07. The second-order valence-electron chi connectivity index (χ2n) is 4.72. The molecule has 0 aliphatic carbocycles. The van der Waals surface area contributed by atoms with Gasteiger partial charge < -0.3 is 4.42 Å². The van der Waals surface area contributed by atoms with E-state index in [1.807, 2.05) is 42.5 Å². The van der Waals surface area contributed by atoms with Crippen molar-refractivity contribution in [2.75, 3.05) is 0 Å². The predicted octanol–water partition coefficient (Wildman–Crippen LogP) is 4.45. The van der Waals surface area contributed by atoms with Gasteiger partial charge in [0.15, 0.2) is 0 Å². The summed E-state index contributed by atoms with van der Waals surface area (Å²) in [6.07, 6.45) is 0. The maximum absolute atomic E-state index is 12.6. The van der Waals surface area contributed by atoms with Crippen molar-refractivity contribution < 1.29 is 4.42 Å². The van der Waals surface area contributed by atoms with Crippen molar-refractivity contribution in [1.29, 1.82) is 0 Å². The topological polar surface area (TPSA) is 30.2 Å². The minimum atomic E-state index is 0.0561. The van der Waals surface area contributed by atoms with Crippen LogP contribution in [0.3, 0.4) is 0 Å². The monoisotopic (exact) mass is 270 g/mol. The summed E-state index contributed by atoms with van der Waals surface area (Å²) in [5.74, 6) is 0. The Morgan fingerprint density at radius 1 is 1.00 bits per heavy atom. The third kappa shape index (κ3) is 2.15. The number of benzene rings is 2.